The number of nitrogens with one attached hydrogen (secondary N) is 1. The molecule has 0 radical (unpaired) electrons. The van der Waals surface area contributed by atoms with Crippen LogP contribution in [0.1, 0.15) is 47.0 Å². The first-order valence-corrected chi connectivity index (χ1v) is 13.0. The Morgan fingerprint density at radius 2 is 1.91 bits per heavy atom. The third-order valence-electron chi connectivity index (χ3n) is 5.08. The zero-order chi connectivity index (χ0) is 25.4. The fourth-order valence-electron chi connectivity index (χ4n) is 3.49. The predicted molar refractivity (Wildman–Crippen MR) is 127 cm³/mol. The minimum Gasteiger partial charge on any atom is -0.489 e. The van der Waals surface area contributed by atoms with Crippen molar-refractivity contribution in [3.63, 3.8) is 0 Å². The Labute approximate surface area is 201 Å². The molecule has 2 rings (SSSR count). The normalized spacial score (nSPS) is 16.2. The van der Waals surface area contributed by atoms with Crippen LogP contribution in [0.5, 0.6) is 5.75 Å². The molecule has 8 nitrogen and oxygen atoms in total. The summed E-state index contributed by atoms with van der Waals surface area (Å²) in [5.74, 6) is 0.183. The summed E-state index contributed by atoms with van der Waals surface area (Å²) < 4.78 is 49.3. The molecule has 0 aromatic heterocycles. The van der Waals surface area contributed by atoms with E-state index in [4.69, 9.17) is 9.47 Å². The lowest BCUT2D eigenvalue weighted by Gasteiger charge is -2.29. The number of sulfone groups is 1. The summed E-state index contributed by atoms with van der Waals surface area (Å²) in [4.78, 5) is 25.6. The van der Waals surface area contributed by atoms with Crippen LogP contribution < -0.4 is 10.1 Å². The van der Waals surface area contributed by atoms with Gasteiger partial charge in [0, 0.05) is 31.6 Å². The van der Waals surface area contributed by atoms with Crippen LogP contribution in [0.15, 0.2) is 41.1 Å². The van der Waals surface area contributed by atoms with Crippen molar-refractivity contribution in [1.29, 1.82) is 0 Å². The van der Waals surface area contributed by atoms with Crippen LogP contribution in [-0.4, -0.2) is 62.9 Å². The number of alkyl carbamates (subject to hydrolysis) is 1. The van der Waals surface area contributed by atoms with Gasteiger partial charge < -0.3 is 19.7 Å². The van der Waals surface area contributed by atoms with E-state index >= 15 is 0 Å². The maximum absolute atomic E-state index is 13.1. The van der Waals surface area contributed by atoms with Gasteiger partial charge in [-0.2, -0.15) is 0 Å². The number of ether oxygens (including phenoxy) is 2. The van der Waals surface area contributed by atoms with E-state index in [9.17, 15) is 22.4 Å². The van der Waals surface area contributed by atoms with Crippen molar-refractivity contribution >= 4 is 21.8 Å². The highest BCUT2D eigenvalue weighted by molar-refractivity contribution is 7.91. The molecule has 1 heterocycles. The van der Waals surface area contributed by atoms with Gasteiger partial charge >= 0.3 is 6.09 Å². The Bertz CT molecular complexity index is 970. The zero-order valence-electron chi connectivity index (χ0n) is 20.3. The number of carbonyl (C=O) groups excluding carboxylic acids is 2. The van der Waals surface area contributed by atoms with E-state index in [0.29, 0.717) is 31.6 Å². The number of likely N-dealkylation sites (tertiary alicyclic amines) is 1. The van der Waals surface area contributed by atoms with Crippen LogP contribution >= 0.6 is 0 Å². The van der Waals surface area contributed by atoms with Gasteiger partial charge in [-0.15, -0.1) is 0 Å². The summed E-state index contributed by atoms with van der Waals surface area (Å²) >= 11 is 0. The molecule has 10 heteroatoms. The Hall–Kier alpha value is -2.62. The van der Waals surface area contributed by atoms with Crippen LogP contribution in [0.25, 0.3) is 0 Å². The summed E-state index contributed by atoms with van der Waals surface area (Å²) in [5.41, 5.74) is -0.478. The predicted octanol–water partition coefficient (Wildman–Crippen LogP) is 3.87. The van der Waals surface area contributed by atoms with E-state index in [-0.39, 0.29) is 41.2 Å². The van der Waals surface area contributed by atoms with Crippen LogP contribution in [0.2, 0.25) is 0 Å². The number of hydrogen-bond donors (Lipinski definition) is 1. The van der Waals surface area contributed by atoms with Crippen LogP contribution in [0.4, 0.5) is 9.18 Å². The van der Waals surface area contributed by atoms with Crippen LogP contribution in [0, 0.1) is 5.92 Å². The van der Waals surface area contributed by atoms with Crippen molar-refractivity contribution in [2.24, 2.45) is 5.92 Å². The highest BCUT2D eigenvalue weighted by atomic mass is 32.2. The third kappa shape index (κ3) is 9.32. The number of carbonyl (C=O) groups is 2. The van der Waals surface area contributed by atoms with E-state index in [0.717, 1.165) is 12.8 Å². The van der Waals surface area contributed by atoms with E-state index in [1.165, 1.54) is 24.3 Å². The summed E-state index contributed by atoms with van der Waals surface area (Å²) in [6, 6.07) is 5.90. The molecular weight excluding hydrogens is 463 g/mol. The van der Waals surface area contributed by atoms with E-state index in [1.807, 2.05) is 6.92 Å². The topological polar surface area (TPSA) is 102 Å². The van der Waals surface area contributed by atoms with Crippen molar-refractivity contribution in [2.45, 2.75) is 57.5 Å². The van der Waals surface area contributed by atoms with E-state index in [2.05, 4.69) is 5.32 Å². The number of hydrogen-bond acceptors (Lipinski definition) is 6. The second kappa shape index (κ2) is 12.2. The number of piperidine rings is 1. The lowest BCUT2D eigenvalue weighted by molar-refractivity contribution is -0.133. The van der Waals surface area contributed by atoms with E-state index in [1.54, 1.807) is 25.7 Å². The summed E-state index contributed by atoms with van der Waals surface area (Å²) in [6.07, 6.45) is 2.05. The molecular formula is C24H35FN2O6S. The molecule has 0 unspecified atom stereocenters. The van der Waals surface area contributed by atoms with Crippen LogP contribution in [0.3, 0.4) is 0 Å². The molecule has 1 saturated heterocycles. The smallest absolute Gasteiger partial charge is 0.407 e. The van der Waals surface area contributed by atoms with Gasteiger partial charge in [0.05, 0.1) is 17.0 Å². The number of halogens is 1. The van der Waals surface area contributed by atoms with Crippen molar-refractivity contribution in [1.82, 2.24) is 10.2 Å². The molecule has 1 aliphatic rings. The summed E-state index contributed by atoms with van der Waals surface area (Å²) in [7, 11) is -3.54. The lowest BCUT2D eigenvalue weighted by Crippen LogP contribution is -2.39. The Balaban J connectivity index is 1.85. The standard InChI is InChI=1S/C24H35FN2O6S/c1-18(15-27-12-6-5-7-22(27)28)17-34(30,31)21-10-8-20(9-11-21)32-16-19(13-25)14-26-23(29)33-24(2,3)4/h8-11,13,18H,5-7,12,14-17H2,1-4H3,(H,26,29)/b19-13+/t18-/m1/s1. The van der Waals surface area contributed by atoms with Gasteiger partial charge in [0.25, 0.3) is 0 Å². The molecule has 34 heavy (non-hydrogen) atoms. The Morgan fingerprint density at radius 1 is 1.24 bits per heavy atom. The molecule has 2 amide bonds. The third-order valence-corrected chi connectivity index (χ3v) is 7.08. The number of rotatable bonds is 10. The van der Waals surface area contributed by atoms with Gasteiger partial charge in [-0.25, -0.2) is 17.6 Å². The largest absolute Gasteiger partial charge is 0.489 e. The molecule has 1 N–H and O–H groups in total. The zero-order valence-corrected chi connectivity index (χ0v) is 21.1. The Morgan fingerprint density at radius 3 is 2.50 bits per heavy atom. The lowest BCUT2D eigenvalue weighted by atomic mass is 10.1. The van der Waals surface area contributed by atoms with Crippen molar-refractivity contribution in [3.8, 4) is 5.75 Å². The number of nitrogens with zero attached hydrogens (tertiary/aromatic N) is 1. The van der Waals surface area contributed by atoms with Gasteiger partial charge in [0.2, 0.25) is 5.91 Å². The molecule has 1 aromatic carbocycles. The molecule has 1 aliphatic heterocycles. The minimum atomic E-state index is -3.54. The summed E-state index contributed by atoms with van der Waals surface area (Å²) in [6.45, 7) is 7.89. The number of benzene rings is 1. The maximum Gasteiger partial charge on any atom is 0.407 e. The fourth-order valence-corrected chi connectivity index (χ4v) is 5.09. The van der Waals surface area contributed by atoms with Gasteiger partial charge in [-0.3, -0.25) is 4.79 Å². The van der Waals surface area contributed by atoms with Crippen LogP contribution in [-0.2, 0) is 19.4 Å². The highest BCUT2D eigenvalue weighted by Gasteiger charge is 2.24. The molecule has 1 aromatic rings. The second-order valence-corrected chi connectivity index (χ2v) is 11.6. The average molecular weight is 499 g/mol. The van der Waals surface area contributed by atoms with Crippen molar-refractivity contribution < 1.29 is 31.9 Å². The first-order chi connectivity index (χ1) is 15.9. The van der Waals surface area contributed by atoms with Gasteiger partial charge in [-0.1, -0.05) is 6.92 Å². The monoisotopic (exact) mass is 498 g/mol. The van der Waals surface area contributed by atoms with Gasteiger partial charge in [0.15, 0.2) is 9.84 Å². The first-order valence-electron chi connectivity index (χ1n) is 11.4. The average Bonchev–Trinajstić information content (AvgIpc) is 2.74. The molecule has 190 valence electrons. The van der Waals surface area contributed by atoms with Crippen molar-refractivity contribution in [2.75, 3.05) is 32.0 Å². The maximum atomic E-state index is 13.1. The highest BCUT2D eigenvalue weighted by Crippen LogP contribution is 2.21. The Kier molecular flexibility index (Phi) is 9.90. The molecule has 0 saturated carbocycles. The fraction of sp³-hybridized carbons (Fsp3) is 0.583. The number of amides is 2. The quantitative estimate of drug-likeness (QED) is 0.526. The molecule has 0 aliphatic carbocycles. The first kappa shape index (κ1) is 27.6. The van der Waals surface area contributed by atoms with Gasteiger partial charge in [-0.05, 0) is 63.8 Å². The SMILES string of the molecule is C[C@H](CN1CCCCC1=O)CS(=O)(=O)c1ccc(OC/C(=C/F)CNC(=O)OC(C)(C)C)cc1. The second-order valence-electron chi connectivity index (χ2n) is 9.57. The van der Waals surface area contributed by atoms with E-state index < -0.39 is 21.5 Å². The molecule has 0 bridgehead atoms. The molecule has 0 spiro atoms. The van der Waals surface area contributed by atoms with Crippen molar-refractivity contribution in [3.05, 3.63) is 36.2 Å². The minimum absolute atomic E-state index is 0.0674. The molecule has 1 atom stereocenters. The molecule has 1 fully saturated rings. The summed E-state index contributed by atoms with van der Waals surface area (Å²) in [5, 5.41) is 2.45. The van der Waals surface area contributed by atoms with Gasteiger partial charge in [0.1, 0.15) is 18.0 Å².